The standard InChI is InChI=1S/C27H28FN7O/c28-22-5-3-4-19(12-22)16-35-24-7-6-23(13-21(24)15-31-35)33-26-25-20(8-11-34(25)32-18-29-26)14-30-27(17-36)9-1-2-10-27/h3-8,11-13,15,18,30,36H,1-2,9-10,14,16-17H2,(H,29,32,33). The first-order valence-electron chi connectivity index (χ1n) is 12.3. The number of aliphatic hydroxyl groups excluding tert-OH is 1. The summed E-state index contributed by atoms with van der Waals surface area (Å²) in [6, 6.07) is 14.7. The highest BCUT2D eigenvalue weighted by Crippen LogP contribution is 2.31. The van der Waals surface area contributed by atoms with Crippen LogP contribution in [0.1, 0.15) is 36.8 Å². The molecule has 36 heavy (non-hydrogen) atoms. The van der Waals surface area contributed by atoms with E-state index in [4.69, 9.17) is 0 Å². The van der Waals surface area contributed by atoms with E-state index in [0.29, 0.717) is 18.9 Å². The Balaban J connectivity index is 1.25. The van der Waals surface area contributed by atoms with Gasteiger partial charge in [-0.15, -0.1) is 0 Å². The normalized spacial score (nSPS) is 15.2. The molecule has 3 heterocycles. The maximum atomic E-state index is 13.6. The zero-order valence-corrected chi connectivity index (χ0v) is 19.9. The monoisotopic (exact) mass is 485 g/mol. The van der Waals surface area contributed by atoms with Gasteiger partial charge in [-0.1, -0.05) is 25.0 Å². The van der Waals surface area contributed by atoms with Gasteiger partial charge in [0.1, 0.15) is 17.7 Å². The van der Waals surface area contributed by atoms with Crippen molar-refractivity contribution in [3.05, 3.63) is 84.2 Å². The van der Waals surface area contributed by atoms with Crippen LogP contribution in [0.2, 0.25) is 0 Å². The molecule has 0 spiro atoms. The highest BCUT2D eigenvalue weighted by Gasteiger charge is 2.32. The highest BCUT2D eigenvalue weighted by atomic mass is 19.1. The molecule has 1 aliphatic rings. The molecule has 3 aromatic heterocycles. The summed E-state index contributed by atoms with van der Waals surface area (Å²) < 4.78 is 17.3. The van der Waals surface area contributed by atoms with E-state index in [0.717, 1.165) is 58.9 Å². The van der Waals surface area contributed by atoms with E-state index < -0.39 is 0 Å². The maximum absolute atomic E-state index is 13.6. The third kappa shape index (κ3) is 4.31. The first-order valence-corrected chi connectivity index (χ1v) is 12.3. The van der Waals surface area contributed by atoms with Gasteiger partial charge in [-0.3, -0.25) is 4.68 Å². The Kier molecular flexibility index (Phi) is 5.86. The van der Waals surface area contributed by atoms with Crippen LogP contribution in [0.3, 0.4) is 0 Å². The molecule has 0 amide bonds. The molecule has 5 aromatic rings. The van der Waals surface area contributed by atoms with Gasteiger partial charge in [0.25, 0.3) is 0 Å². The SMILES string of the molecule is OCC1(NCc2ccn3ncnc(Nc4ccc5c(cnn5Cc5cccc(F)c5)c4)c23)CCCC1. The predicted octanol–water partition coefficient (Wildman–Crippen LogP) is 4.40. The summed E-state index contributed by atoms with van der Waals surface area (Å²) >= 11 is 0. The Hall–Kier alpha value is -3.82. The molecule has 9 heteroatoms. The molecule has 0 aliphatic heterocycles. The summed E-state index contributed by atoms with van der Waals surface area (Å²) in [7, 11) is 0. The number of fused-ring (bicyclic) bond motifs is 2. The quantitative estimate of drug-likeness (QED) is 0.302. The first-order chi connectivity index (χ1) is 17.6. The molecule has 1 aliphatic carbocycles. The van der Waals surface area contributed by atoms with Gasteiger partial charge in [0.2, 0.25) is 0 Å². The average Bonchev–Trinajstić information content (AvgIpc) is 3.62. The number of anilines is 2. The van der Waals surface area contributed by atoms with Gasteiger partial charge in [0.05, 0.1) is 24.9 Å². The lowest BCUT2D eigenvalue weighted by atomic mass is 9.98. The van der Waals surface area contributed by atoms with Crippen molar-refractivity contribution < 1.29 is 9.50 Å². The second-order valence-corrected chi connectivity index (χ2v) is 9.57. The van der Waals surface area contributed by atoms with E-state index in [1.165, 1.54) is 18.5 Å². The largest absolute Gasteiger partial charge is 0.394 e. The fourth-order valence-corrected chi connectivity index (χ4v) is 5.21. The van der Waals surface area contributed by atoms with Gasteiger partial charge >= 0.3 is 0 Å². The molecule has 6 rings (SSSR count). The molecule has 0 unspecified atom stereocenters. The first kappa shape index (κ1) is 22.6. The van der Waals surface area contributed by atoms with Crippen molar-refractivity contribution in [1.82, 2.24) is 29.7 Å². The molecule has 2 aromatic carbocycles. The Bertz CT molecular complexity index is 1520. The van der Waals surface area contributed by atoms with Crippen molar-refractivity contribution in [3.63, 3.8) is 0 Å². The summed E-state index contributed by atoms with van der Waals surface area (Å²) in [6.45, 7) is 1.27. The predicted molar refractivity (Wildman–Crippen MR) is 137 cm³/mol. The number of nitrogens with one attached hydrogen (secondary N) is 2. The summed E-state index contributed by atoms with van der Waals surface area (Å²) in [5.41, 5.74) is 4.49. The second-order valence-electron chi connectivity index (χ2n) is 9.57. The third-order valence-corrected chi connectivity index (χ3v) is 7.18. The lowest BCUT2D eigenvalue weighted by Gasteiger charge is -2.28. The number of benzene rings is 2. The number of halogens is 1. The Morgan fingerprint density at radius 1 is 1.06 bits per heavy atom. The fraction of sp³-hybridized carbons (Fsp3) is 0.296. The molecule has 1 saturated carbocycles. The average molecular weight is 486 g/mol. The Morgan fingerprint density at radius 3 is 2.78 bits per heavy atom. The highest BCUT2D eigenvalue weighted by molar-refractivity contribution is 5.85. The zero-order chi connectivity index (χ0) is 24.5. The second kappa shape index (κ2) is 9.33. The molecular formula is C27H28FN7O. The Labute approximate surface area is 207 Å². The van der Waals surface area contributed by atoms with E-state index in [1.54, 1.807) is 6.07 Å². The van der Waals surface area contributed by atoms with Crippen molar-refractivity contribution in [2.75, 3.05) is 11.9 Å². The summed E-state index contributed by atoms with van der Waals surface area (Å²) in [4.78, 5) is 4.53. The van der Waals surface area contributed by atoms with Gasteiger partial charge < -0.3 is 15.7 Å². The smallest absolute Gasteiger partial charge is 0.158 e. The maximum Gasteiger partial charge on any atom is 0.158 e. The lowest BCUT2D eigenvalue weighted by molar-refractivity contribution is 0.163. The minimum Gasteiger partial charge on any atom is -0.394 e. The topological polar surface area (TPSA) is 92.3 Å². The summed E-state index contributed by atoms with van der Waals surface area (Å²) in [5.74, 6) is 0.462. The molecule has 0 atom stereocenters. The van der Waals surface area contributed by atoms with Crippen molar-refractivity contribution >= 4 is 27.9 Å². The lowest BCUT2D eigenvalue weighted by Crippen LogP contribution is -2.45. The van der Waals surface area contributed by atoms with Crippen LogP contribution >= 0.6 is 0 Å². The molecule has 8 nitrogen and oxygen atoms in total. The van der Waals surface area contributed by atoms with Crippen LogP contribution < -0.4 is 10.6 Å². The Morgan fingerprint density at radius 2 is 1.94 bits per heavy atom. The van der Waals surface area contributed by atoms with Crippen molar-refractivity contribution in [2.45, 2.75) is 44.3 Å². The molecular weight excluding hydrogens is 457 g/mol. The third-order valence-electron chi connectivity index (χ3n) is 7.18. The van der Waals surface area contributed by atoms with E-state index in [1.807, 2.05) is 51.9 Å². The van der Waals surface area contributed by atoms with Crippen LogP contribution in [0.4, 0.5) is 15.9 Å². The van der Waals surface area contributed by atoms with Crippen molar-refractivity contribution in [1.29, 1.82) is 0 Å². The van der Waals surface area contributed by atoms with Gasteiger partial charge in [-0.25, -0.2) is 13.9 Å². The zero-order valence-electron chi connectivity index (χ0n) is 19.9. The van der Waals surface area contributed by atoms with Crippen LogP contribution in [0.15, 0.2) is 67.3 Å². The van der Waals surface area contributed by atoms with Crippen LogP contribution in [-0.2, 0) is 13.1 Å². The minimum absolute atomic E-state index is 0.146. The van der Waals surface area contributed by atoms with E-state index in [2.05, 4.69) is 25.8 Å². The summed E-state index contributed by atoms with van der Waals surface area (Å²) in [5, 5.41) is 26.9. The van der Waals surface area contributed by atoms with Crippen LogP contribution in [0, 0.1) is 5.82 Å². The van der Waals surface area contributed by atoms with Crippen LogP contribution in [0.25, 0.3) is 16.4 Å². The molecule has 184 valence electrons. The number of hydrogen-bond acceptors (Lipinski definition) is 6. The van der Waals surface area contributed by atoms with Crippen molar-refractivity contribution in [3.8, 4) is 0 Å². The number of aliphatic hydroxyl groups is 1. The number of hydrogen-bond donors (Lipinski definition) is 3. The van der Waals surface area contributed by atoms with Gasteiger partial charge in [0.15, 0.2) is 5.82 Å². The van der Waals surface area contributed by atoms with E-state index in [-0.39, 0.29) is 18.0 Å². The fourth-order valence-electron chi connectivity index (χ4n) is 5.21. The number of aromatic nitrogens is 5. The molecule has 0 saturated heterocycles. The van der Waals surface area contributed by atoms with Gasteiger partial charge in [-0.2, -0.15) is 10.2 Å². The molecule has 0 radical (unpaired) electrons. The van der Waals surface area contributed by atoms with Crippen LogP contribution in [-0.4, -0.2) is 41.6 Å². The van der Waals surface area contributed by atoms with E-state index >= 15 is 0 Å². The van der Waals surface area contributed by atoms with E-state index in [9.17, 15) is 9.50 Å². The van der Waals surface area contributed by atoms with Gasteiger partial charge in [-0.05, 0) is 60.4 Å². The summed E-state index contributed by atoms with van der Waals surface area (Å²) in [6.07, 6.45) is 9.54. The minimum atomic E-state index is -0.249. The molecule has 0 bridgehead atoms. The van der Waals surface area contributed by atoms with Crippen LogP contribution in [0.5, 0.6) is 0 Å². The van der Waals surface area contributed by atoms with Crippen molar-refractivity contribution in [2.24, 2.45) is 0 Å². The number of nitrogens with zero attached hydrogens (tertiary/aromatic N) is 5. The number of rotatable bonds is 8. The molecule has 3 N–H and O–H groups in total. The molecule has 1 fully saturated rings. The van der Waals surface area contributed by atoms with Gasteiger partial charge in [0, 0.05) is 29.4 Å².